The monoisotopic (exact) mass is 239 g/mol. The zero-order chi connectivity index (χ0) is 13.0. The van der Waals surface area contributed by atoms with E-state index < -0.39 is 5.97 Å². The summed E-state index contributed by atoms with van der Waals surface area (Å²) in [5.74, 6) is 1.36. The van der Waals surface area contributed by atoms with Crippen LogP contribution in [0.25, 0.3) is 0 Å². The Morgan fingerprint density at radius 1 is 1.53 bits per heavy atom. The summed E-state index contributed by atoms with van der Waals surface area (Å²) in [4.78, 5) is 15.7. The minimum atomic E-state index is -0.472. The largest absolute Gasteiger partial charge is 0.464 e. The van der Waals surface area contributed by atoms with Crippen LogP contribution in [-0.4, -0.2) is 22.6 Å². The quantitative estimate of drug-likeness (QED) is 0.796. The number of nitrogens with zero attached hydrogens (tertiary/aromatic N) is 2. The summed E-state index contributed by atoms with van der Waals surface area (Å²) in [7, 11) is 1.33. The van der Waals surface area contributed by atoms with Crippen LogP contribution in [-0.2, 0) is 17.7 Å². The molecule has 0 aliphatic carbocycles. The Kier molecular flexibility index (Phi) is 4.54. The number of esters is 1. The van der Waals surface area contributed by atoms with E-state index in [0.717, 1.165) is 25.2 Å². The second-order valence-electron chi connectivity index (χ2n) is 4.44. The van der Waals surface area contributed by atoms with Crippen LogP contribution in [0.4, 0.5) is 5.82 Å². The Labute approximate surface area is 102 Å². The van der Waals surface area contributed by atoms with Crippen LogP contribution in [0, 0.1) is 5.92 Å². The highest BCUT2D eigenvalue weighted by Crippen LogP contribution is 2.18. The van der Waals surface area contributed by atoms with Gasteiger partial charge in [-0.15, -0.1) is 0 Å². The number of nitrogens with two attached hydrogens (primary N) is 1. The number of rotatable bonds is 5. The molecule has 0 saturated heterocycles. The van der Waals surface area contributed by atoms with Gasteiger partial charge < -0.3 is 15.0 Å². The molecule has 5 heteroatoms. The van der Waals surface area contributed by atoms with E-state index in [2.05, 4.69) is 23.6 Å². The van der Waals surface area contributed by atoms with E-state index in [9.17, 15) is 4.79 Å². The predicted octanol–water partition coefficient (Wildman–Crippen LogP) is 1.86. The topological polar surface area (TPSA) is 70.1 Å². The van der Waals surface area contributed by atoms with Gasteiger partial charge in [0, 0.05) is 13.0 Å². The second-order valence-corrected chi connectivity index (χ2v) is 4.44. The minimum Gasteiger partial charge on any atom is -0.464 e. The molecule has 1 rings (SSSR count). The average Bonchev–Trinajstić information content (AvgIpc) is 2.62. The molecule has 0 radical (unpaired) electrons. The van der Waals surface area contributed by atoms with Crippen molar-refractivity contribution in [3.8, 4) is 0 Å². The van der Waals surface area contributed by atoms with Crippen molar-refractivity contribution in [3.63, 3.8) is 0 Å². The number of imidazole rings is 1. The molecule has 0 atom stereocenters. The Bertz CT molecular complexity index is 397. The molecule has 1 aromatic rings. The number of hydrogen-bond donors (Lipinski definition) is 1. The summed E-state index contributed by atoms with van der Waals surface area (Å²) >= 11 is 0. The molecule has 17 heavy (non-hydrogen) atoms. The van der Waals surface area contributed by atoms with E-state index in [1.807, 2.05) is 11.5 Å². The number of anilines is 1. The summed E-state index contributed by atoms with van der Waals surface area (Å²) in [6.07, 6.45) is 1.76. The molecule has 0 spiro atoms. The maximum Gasteiger partial charge on any atom is 0.360 e. The first-order valence-electron chi connectivity index (χ1n) is 5.94. The highest BCUT2D eigenvalue weighted by atomic mass is 16.5. The van der Waals surface area contributed by atoms with E-state index in [1.165, 1.54) is 7.11 Å². The van der Waals surface area contributed by atoms with Gasteiger partial charge in [-0.05, 0) is 12.3 Å². The minimum absolute atomic E-state index is 0.230. The lowest BCUT2D eigenvalue weighted by atomic mass is 10.1. The van der Waals surface area contributed by atoms with Gasteiger partial charge in [0.15, 0.2) is 5.69 Å². The summed E-state index contributed by atoms with van der Waals surface area (Å²) in [6.45, 7) is 7.09. The Morgan fingerprint density at radius 3 is 2.65 bits per heavy atom. The summed E-state index contributed by atoms with van der Waals surface area (Å²) < 4.78 is 6.57. The molecule has 0 aromatic carbocycles. The van der Waals surface area contributed by atoms with Gasteiger partial charge >= 0.3 is 5.97 Å². The molecule has 1 aromatic heterocycles. The average molecular weight is 239 g/mol. The number of methoxy groups -OCH3 is 1. The number of carbonyl (C=O) groups excluding carboxylic acids is 1. The van der Waals surface area contributed by atoms with Gasteiger partial charge in [-0.3, -0.25) is 0 Å². The first-order chi connectivity index (χ1) is 8.01. The number of carbonyl (C=O) groups is 1. The normalized spacial score (nSPS) is 10.9. The van der Waals surface area contributed by atoms with Crippen LogP contribution in [0.1, 0.15) is 43.5 Å². The molecule has 2 N–H and O–H groups in total. The number of hydrogen-bond acceptors (Lipinski definition) is 4. The van der Waals surface area contributed by atoms with Crippen molar-refractivity contribution in [1.82, 2.24) is 9.55 Å². The van der Waals surface area contributed by atoms with E-state index in [1.54, 1.807) is 0 Å². The molecule has 1 heterocycles. The number of nitrogen functional groups attached to an aromatic ring is 1. The molecule has 0 saturated carbocycles. The number of aryl methyl sites for hydroxylation is 1. The van der Waals surface area contributed by atoms with Gasteiger partial charge in [0.2, 0.25) is 0 Å². The van der Waals surface area contributed by atoms with Gasteiger partial charge in [-0.25, -0.2) is 9.78 Å². The summed E-state index contributed by atoms with van der Waals surface area (Å²) in [6, 6.07) is 0. The fourth-order valence-corrected chi connectivity index (χ4v) is 1.67. The highest BCUT2D eigenvalue weighted by molar-refractivity contribution is 5.92. The molecular weight excluding hydrogens is 218 g/mol. The van der Waals surface area contributed by atoms with Crippen LogP contribution in [0.15, 0.2) is 0 Å². The Balaban J connectivity index is 3.02. The molecule has 0 amide bonds. The smallest absolute Gasteiger partial charge is 0.360 e. The molecule has 0 bridgehead atoms. The summed E-state index contributed by atoms with van der Waals surface area (Å²) in [5.41, 5.74) is 6.17. The van der Waals surface area contributed by atoms with E-state index in [0.29, 0.717) is 11.7 Å². The van der Waals surface area contributed by atoms with Crippen molar-refractivity contribution in [2.24, 2.45) is 5.92 Å². The van der Waals surface area contributed by atoms with Crippen molar-refractivity contribution in [3.05, 3.63) is 11.5 Å². The molecule has 5 nitrogen and oxygen atoms in total. The zero-order valence-electron chi connectivity index (χ0n) is 11.0. The van der Waals surface area contributed by atoms with Crippen molar-refractivity contribution in [2.45, 2.75) is 40.2 Å². The van der Waals surface area contributed by atoms with Crippen LogP contribution in [0.3, 0.4) is 0 Å². The second kappa shape index (κ2) is 5.70. The van der Waals surface area contributed by atoms with Crippen LogP contribution in [0.5, 0.6) is 0 Å². The lowest BCUT2D eigenvalue weighted by molar-refractivity contribution is 0.0595. The zero-order valence-corrected chi connectivity index (χ0v) is 11.0. The van der Waals surface area contributed by atoms with Gasteiger partial charge in [0.05, 0.1) is 7.11 Å². The summed E-state index contributed by atoms with van der Waals surface area (Å²) in [5, 5.41) is 0. The van der Waals surface area contributed by atoms with Gasteiger partial charge in [-0.2, -0.15) is 0 Å². The Morgan fingerprint density at radius 2 is 2.18 bits per heavy atom. The van der Waals surface area contributed by atoms with Gasteiger partial charge in [-0.1, -0.05) is 20.8 Å². The standard InChI is InChI=1S/C12H21N3O2/c1-5-9-14-10(12(16)17-4)11(13)15(9)7-6-8(2)3/h8H,5-7,13H2,1-4H3. The van der Waals surface area contributed by atoms with E-state index >= 15 is 0 Å². The third-order valence-electron chi connectivity index (χ3n) is 2.71. The maximum absolute atomic E-state index is 11.5. The number of aromatic nitrogens is 2. The molecular formula is C12H21N3O2. The van der Waals surface area contributed by atoms with Gasteiger partial charge in [0.25, 0.3) is 0 Å². The number of ether oxygens (including phenoxy) is 1. The third kappa shape index (κ3) is 2.99. The molecule has 0 fully saturated rings. The van der Waals surface area contributed by atoms with E-state index in [4.69, 9.17) is 5.73 Å². The fraction of sp³-hybridized carbons (Fsp3) is 0.667. The maximum atomic E-state index is 11.5. The van der Waals surface area contributed by atoms with E-state index in [-0.39, 0.29) is 5.69 Å². The first kappa shape index (κ1) is 13.5. The van der Waals surface area contributed by atoms with Crippen molar-refractivity contribution >= 4 is 11.8 Å². The highest BCUT2D eigenvalue weighted by Gasteiger charge is 2.19. The third-order valence-corrected chi connectivity index (χ3v) is 2.71. The van der Waals surface area contributed by atoms with Crippen molar-refractivity contribution < 1.29 is 9.53 Å². The molecule has 0 aliphatic rings. The Hall–Kier alpha value is -1.52. The van der Waals surface area contributed by atoms with Crippen LogP contribution in [0.2, 0.25) is 0 Å². The first-order valence-corrected chi connectivity index (χ1v) is 5.94. The molecule has 0 aliphatic heterocycles. The van der Waals surface area contributed by atoms with Crippen molar-refractivity contribution in [1.29, 1.82) is 0 Å². The van der Waals surface area contributed by atoms with Gasteiger partial charge in [0.1, 0.15) is 11.6 Å². The fourth-order valence-electron chi connectivity index (χ4n) is 1.67. The molecule has 96 valence electrons. The SMILES string of the molecule is CCc1nc(C(=O)OC)c(N)n1CCC(C)C. The predicted molar refractivity (Wildman–Crippen MR) is 66.8 cm³/mol. The molecule has 0 unspecified atom stereocenters. The van der Waals surface area contributed by atoms with Crippen LogP contribution >= 0.6 is 0 Å². The lowest BCUT2D eigenvalue weighted by Gasteiger charge is -2.10. The lowest BCUT2D eigenvalue weighted by Crippen LogP contribution is -2.10. The van der Waals surface area contributed by atoms with Crippen molar-refractivity contribution in [2.75, 3.05) is 12.8 Å². The van der Waals surface area contributed by atoms with Crippen LogP contribution < -0.4 is 5.73 Å².